The summed E-state index contributed by atoms with van der Waals surface area (Å²) in [5.41, 5.74) is 3.14. The van der Waals surface area contributed by atoms with Gasteiger partial charge in [0.05, 0.1) is 5.56 Å². The summed E-state index contributed by atoms with van der Waals surface area (Å²) >= 11 is 0. The molecule has 0 unspecified atom stereocenters. The van der Waals surface area contributed by atoms with Crippen LogP contribution in [-0.2, 0) is 6.54 Å². The van der Waals surface area contributed by atoms with Gasteiger partial charge in [0.1, 0.15) is 11.9 Å². The molecular formula is C26H35N3O2. The minimum atomic E-state index is 0.139. The maximum atomic E-state index is 13.5. The van der Waals surface area contributed by atoms with Crippen LogP contribution >= 0.6 is 0 Å². The standard InChI is InChI=1S/C26H35N3O2/c1-3-22-6-4-5-15-29(22)26(30)24-18-20(2)7-8-25(24)31-23-11-16-28(17-12-23)19-21-9-13-27-14-10-21/h7-10,13-14,18,22-23H,3-6,11-12,15-17,19H2,1-2H3/t22-/m1/s1. The highest BCUT2D eigenvalue weighted by molar-refractivity contribution is 5.97. The molecule has 2 saturated heterocycles. The normalized spacial score (nSPS) is 20.6. The zero-order chi connectivity index (χ0) is 21.6. The highest BCUT2D eigenvalue weighted by atomic mass is 16.5. The van der Waals surface area contributed by atoms with Crippen molar-refractivity contribution >= 4 is 5.91 Å². The fourth-order valence-electron chi connectivity index (χ4n) is 4.87. The fourth-order valence-corrected chi connectivity index (χ4v) is 4.87. The highest BCUT2D eigenvalue weighted by Crippen LogP contribution is 2.29. The molecule has 2 aromatic rings. The number of aryl methyl sites for hydroxylation is 1. The molecule has 4 rings (SSSR count). The number of likely N-dealkylation sites (tertiary alicyclic amines) is 2. The van der Waals surface area contributed by atoms with Crippen molar-refractivity contribution in [3.05, 3.63) is 59.4 Å². The Morgan fingerprint density at radius 2 is 1.84 bits per heavy atom. The zero-order valence-corrected chi connectivity index (χ0v) is 18.9. The summed E-state index contributed by atoms with van der Waals surface area (Å²) < 4.78 is 6.44. The number of piperidine rings is 2. The van der Waals surface area contributed by atoms with E-state index in [2.05, 4.69) is 39.9 Å². The van der Waals surface area contributed by atoms with Crippen molar-refractivity contribution in [2.24, 2.45) is 0 Å². The lowest BCUT2D eigenvalue weighted by Crippen LogP contribution is -2.43. The summed E-state index contributed by atoms with van der Waals surface area (Å²) in [6, 6.07) is 10.6. The number of amides is 1. The third-order valence-electron chi connectivity index (χ3n) is 6.71. The molecule has 2 aliphatic rings. The number of hydrogen-bond acceptors (Lipinski definition) is 4. The lowest BCUT2D eigenvalue weighted by atomic mass is 9.98. The van der Waals surface area contributed by atoms with Gasteiger partial charge in [0.25, 0.3) is 5.91 Å². The molecule has 2 aliphatic heterocycles. The molecule has 0 saturated carbocycles. The number of rotatable bonds is 6. The maximum Gasteiger partial charge on any atom is 0.257 e. The van der Waals surface area contributed by atoms with Crippen LogP contribution in [0.25, 0.3) is 0 Å². The van der Waals surface area contributed by atoms with Gasteiger partial charge in [0.15, 0.2) is 0 Å². The Labute approximate surface area is 186 Å². The molecule has 0 radical (unpaired) electrons. The minimum absolute atomic E-state index is 0.139. The Kier molecular flexibility index (Phi) is 7.23. The van der Waals surface area contributed by atoms with E-state index in [-0.39, 0.29) is 12.0 Å². The van der Waals surface area contributed by atoms with Crippen LogP contribution in [0.15, 0.2) is 42.7 Å². The van der Waals surface area contributed by atoms with E-state index in [9.17, 15) is 4.79 Å². The average Bonchev–Trinajstić information content (AvgIpc) is 2.81. The second-order valence-electron chi connectivity index (χ2n) is 9.00. The van der Waals surface area contributed by atoms with Crippen molar-refractivity contribution in [3.63, 3.8) is 0 Å². The largest absolute Gasteiger partial charge is 0.489 e. The number of aromatic nitrogens is 1. The molecule has 5 heteroatoms. The van der Waals surface area contributed by atoms with Gasteiger partial charge in [-0.3, -0.25) is 14.7 Å². The molecule has 2 fully saturated rings. The lowest BCUT2D eigenvalue weighted by molar-refractivity contribution is 0.0591. The second-order valence-corrected chi connectivity index (χ2v) is 9.00. The molecule has 31 heavy (non-hydrogen) atoms. The minimum Gasteiger partial charge on any atom is -0.489 e. The Morgan fingerprint density at radius 3 is 2.58 bits per heavy atom. The van der Waals surface area contributed by atoms with Crippen molar-refractivity contribution < 1.29 is 9.53 Å². The first kappa shape index (κ1) is 21.8. The molecule has 0 spiro atoms. The molecule has 1 amide bonds. The van der Waals surface area contributed by atoms with Crippen LogP contribution in [0.4, 0.5) is 0 Å². The maximum absolute atomic E-state index is 13.5. The Hall–Kier alpha value is -2.40. The topological polar surface area (TPSA) is 45.7 Å². The van der Waals surface area contributed by atoms with E-state index < -0.39 is 0 Å². The van der Waals surface area contributed by atoms with Crippen LogP contribution < -0.4 is 4.74 Å². The van der Waals surface area contributed by atoms with Crippen LogP contribution in [0.1, 0.15) is 66.9 Å². The number of pyridine rings is 1. The molecule has 1 aromatic carbocycles. The average molecular weight is 422 g/mol. The van der Waals surface area contributed by atoms with Gasteiger partial charge in [-0.25, -0.2) is 0 Å². The number of benzene rings is 1. The van der Waals surface area contributed by atoms with Crippen LogP contribution in [-0.4, -0.2) is 52.5 Å². The summed E-state index contributed by atoms with van der Waals surface area (Å²) in [6.07, 6.45) is 10.3. The summed E-state index contributed by atoms with van der Waals surface area (Å²) in [5.74, 6) is 0.893. The smallest absolute Gasteiger partial charge is 0.257 e. The van der Waals surface area contributed by atoms with Gasteiger partial charge in [-0.1, -0.05) is 18.6 Å². The van der Waals surface area contributed by atoms with Gasteiger partial charge < -0.3 is 9.64 Å². The van der Waals surface area contributed by atoms with Gasteiger partial charge >= 0.3 is 0 Å². The number of hydrogen-bond donors (Lipinski definition) is 0. The van der Waals surface area contributed by atoms with Crippen LogP contribution in [0.3, 0.4) is 0 Å². The van der Waals surface area contributed by atoms with E-state index >= 15 is 0 Å². The van der Waals surface area contributed by atoms with E-state index in [0.717, 1.165) is 75.2 Å². The predicted octanol–water partition coefficient (Wildman–Crippen LogP) is 4.84. The molecule has 0 bridgehead atoms. The van der Waals surface area contributed by atoms with E-state index in [4.69, 9.17) is 4.74 Å². The fraction of sp³-hybridized carbons (Fsp3) is 0.538. The van der Waals surface area contributed by atoms with Crippen molar-refractivity contribution in [1.82, 2.24) is 14.8 Å². The van der Waals surface area contributed by atoms with Crippen molar-refractivity contribution in [1.29, 1.82) is 0 Å². The second kappa shape index (κ2) is 10.3. The van der Waals surface area contributed by atoms with E-state index in [1.165, 1.54) is 12.0 Å². The number of carbonyl (C=O) groups is 1. The highest BCUT2D eigenvalue weighted by Gasteiger charge is 2.29. The third-order valence-corrected chi connectivity index (χ3v) is 6.71. The molecule has 0 aliphatic carbocycles. The van der Waals surface area contributed by atoms with Gasteiger partial charge in [0.2, 0.25) is 0 Å². The Bertz CT molecular complexity index is 862. The first-order chi connectivity index (χ1) is 15.1. The summed E-state index contributed by atoms with van der Waals surface area (Å²) in [4.78, 5) is 22.1. The zero-order valence-electron chi connectivity index (χ0n) is 18.9. The number of nitrogens with zero attached hydrogens (tertiary/aromatic N) is 3. The predicted molar refractivity (Wildman–Crippen MR) is 123 cm³/mol. The van der Waals surface area contributed by atoms with Crippen LogP contribution in [0.2, 0.25) is 0 Å². The van der Waals surface area contributed by atoms with Gasteiger partial charge in [0, 0.05) is 44.6 Å². The monoisotopic (exact) mass is 421 g/mol. The molecular weight excluding hydrogens is 386 g/mol. The van der Waals surface area contributed by atoms with Crippen LogP contribution in [0.5, 0.6) is 5.75 Å². The molecule has 166 valence electrons. The molecule has 0 N–H and O–H groups in total. The number of ether oxygens (including phenoxy) is 1. The summed E-state index contributed by atoms with van der Waals surface area (Å²) in [5, 5.41) is 0. The van der Waals surface area contributed by atoms with Gasteiger partial charge in [-0.2, -0.15) is 0 Å². The first-order valence-corrected chi connectivity index (χ1v) is 11.8. The molecule has 5 nitrogen and oxygen atoms in total. The lowest BCUT2D eigenvalue weighted by Gasteiger charge is -2.36. The summed E-state index contributed by atoms with van der Waals surface area (Å²) in [7, 11) is 0. The first-order valence-electron chi connectivity index (χ1n) is 11.8. The van der Waals surface area contributed by atoms with Crippen molar-refractivity contribution in [2.75, 3.05) is 19.6 Å². The van der Waals surface area contributed by atoms with E-state index in [1.807, 2.05) is 31.5 Å². The van der Waals surface area contributed by atoms with Crippen LogP contribution in [0, 0.1) is 6.92 Å². The quantitative estimate of drug-likeness (QED) is 0.670. The third kappa shape index (κ3) is 5.45. The SMILES string of the molecule is CC[C@@H]1CCCCN1C(=O)c1cc(C)ccc1OC1CCN(Cc2ccncc2)CC1. The molecule has 1 aromatic heterocycles. The Morgan fingerprint density at radius 1 is 1.06 bits per heavy atom. The Balaban J connectivity index is 1.40. The van der Waals surface area contributed by atoms with Gasteiger partial charge in [-0.05, 0) is 75.3 Å². The molecule has 3 heterocycles. The summed E-state index contributed by atoms with van der Waals surface area (Å²) in [6.45, 7) is 8.06. The molecule has 1 atom stereocenters. The van der Waals surface area contributed by atoms with Crippen molar-refractivity contribution in [3.8, 4) is 5.75 Å². The van der Waals surface area contributed by atoms with Gasteiger partial charge in [-0.15, -0.1) is 0 Å². The van der Waals surface area contributed by atoms with Crippen molar-refractivity contribution in [2.45, 2.75) is 71.1 Å². The van der Waals surface area contributed by atoms with E-state index in [1.54, 1.807) is 0 Å². The van der Waals surface area contributed by atoms with E-state index in [0.29, 0.717) is 6.04 Å². The number of carbonyl (C=O) groups excluding carboxylic acids is 1.